The Morgan fingerprint density at radius 2 is 1.73 bits per heavy atom. The molecule has 78 valence electrons. The van der Waals surface area contributed by atoms with E-state index < -0.39 is 0 Å². The Labute approximate surface area is 89.9 Å². The first kappa shape index (κ1) is 10.1. The van der Waals surface area contributed by atoms with Gasteiger partial charge >= 0.3 is 0 Å². The lowest BCUT2D eigenvalue weighted by atomic mass is 10.0. The summed E-state index contributed by atoms with van der Waals surface area (Å²) in [5, 5.41) is 2.53. The van der Waals surface area contributed by atoms with E-state index in [-0.39, 0.29) is 6.04 Å². The second-order valence-corrected chi connectivity index (χ2v) is 3.88. The van der Waals surface area contributed by atoms with Gasteiger partial charge in [0.25, 0.3) is 0 Å². The van der Waals surface area contributed by atoms with Gasteiger partial charge in [0, 0.05) is 12.6 Å². The van der Waals surface area contributed by atoms with Gasteiger partial charge in [-0.15, -0.1) is 0 Å². The molecule has 0 unspecified atom stereocenters. The lowest BCUT2D eigenvalue weighted by Crippen LogP contribution is -2.31. The van der Waals surface area contributed by atoms with E-state index in [2.05, 4.69) is 36.4 Å². The maximum Gasteiger partial charge on any atom is 0.0203 e. The van der Waals surface area contributed by atoms with Crippen molar-refractivity contribution in [2.24, 2.45) is 11.5 Å². The highest BCUT2D eigenvalue weighted by Gasteiger charge is 2.02. The summed E-state index contributed by atoms with van der Waals surface area (Å²) < 4.78 is 0. The Kier molecular flexibility index (Phi) is 2.99. The largest absolute Gasteiger partial charge is 0.329 e. The van der Waals surface area contributed by atoms with Crippen LogP contribution in [0.1, 0.15) is 5.56 Å². The fourth-order valence-corrected chi connectivity index (χ4v) is 1.75. The second-order valence-electron chi connectivity index (χ2n) is 3.88. The maximum absolute atomic E-state index is 5.82. The average molecular weight is 200 g/mol. The van der Waals surface area contributed by atoms with Gasteiger partial charge in [-0.1, -0.05) is 42.5 Å². The van der Waals surface area contributed by atoms with Gasteiger partial charge in [0.2, 0.25) is 0 Å². The van der Waals surface area contributed by atoms with Crippen LogP contribution in [0.5, 0.6) is 0 Å². The Morgan fingerprint density at radius 1 is 1.00 bits per heavy atom. The fourth-order valence-electron chi connectivity index (χ4n) is 1.75. The molecule has 2 aromatic carbocycles. The summed E-state index contributed by atoms with van der Waals surface area (Å²) in [6.45, 7) is 0.535. The van der Waals surface area contributed by atoms with E-state index in [1.165, 1.54) is 16.3 Å². The van der Waals surface area contributed by atoms with Crippen LogP contribution in [0.2, 0.25) is 0 Å². The molecule has 1 atom stereocenters. The highest BCUT2D eigenvalue weighted by molar-refractivity contribution is 5.82. The molecule has 2 aromatic rings. The minimum absolute atomic E-state index is 0.0613. The van der Waals surface area contributed by atoms with E-state index in [4.69, 9.17) is 11.5 Å². The first-order chi connectivity index (χ1) is 7.29. The molecular weight excluding hydrogens is 184 g/mol. The monoisotopic (exact) mass is 200 g/mol. The van der Waals surface area contributed by atoms with Crippen molar-refractivity contribution >= 4 is 10.8 Å². The highest BCUT2D eigenvalue weighted by Crippen LogP contribution is 2.16. The zero-order chi connectivity index (χ0) is 10.7. The molecule has 2 heteroatoms. The SMILES string of the molecule is NC[C@@H](N)Cc1ccc2ccccc2c1. The first-order valence-corrected chi connectivity index (χ1v) is 5.23. The minimum atomic E-state index is 0.0613. The Bertz CT molecular complexity index is 451. The van der Waals surface area contributed by atoms with Crippen molar-refractivity contribution < 1.29 is 0 Å². The smallest absolute Gasteiger partial charge is 0.0203 e. The molecule has 0 bridgehead atoms. The lowest BCUT2D eigenvalue weighted by Gasteiger charge is -2.09. The second kappa shape index (κ2) is 4.43. The summed E-state index contributed by atoms with van der Waals surface area (Å²) in [6, 6.07) is 14.8. The minimum Gasteiger partial charge on any atom is -0.329 e. The number of nitrogens with two attached hydrogens (primary N) is 2. The summed E-state index contributed by atoms with van der Waals surface area (Å²) in [5.41, 5.74) is 12.6. The van der Waals surface area contributed by atoms with Crippen molar-refractivity contribution in [1.82, 2.24) is 0 Å². The molecule has 0 aromatic heterocycles. The van der Waals surface area contributed by atoms with Crippen LogP contribution >= 0.6 is 0 Å². The van der Waals surface area contributed by atoms with Crippen molar-refractivity contribution in [3.63, 3.8) is 0 Å². The topological polar surface area (TPSA) is 52.0 Å². The van der Waals surface area contributed by atoms with E-state index >= 15 is 0 Å². The maximum atomic E-state index is 5.82. The van der Waals surface area contributed by atoms with Crippen LogP contribution in [0.25, 0.3) is 10.8 Å². The van der Waals surface area contributed by atoms with Crippen molar-refractivity contribution in [3.05, 3.63) is 48.0 Å². The zero-order valence-corrected chi connectivity index (χ0v) is 8.69. The Morgan fingerprint density at radius 3 is 2.47 bits per heavy atom. The molecule has 0 saturated carbocycles. The predicted molar refractivity (Wildman–Crippen MR) is 64.7 cm³/mol. The van der Waals surface area contributed by atoms with E-state index in [9.17, 15) is 0 Å². The van der Waals surface area contributed by atoms with E-state index in [1.54, 1.807) is 0 Å². The fraction of sp³-hybridized carbons (Fsp3) is 0.231. The molecule has 4 N–H and O–H groups in total. The van der Waals surface area contributed by atoms with E-state index in [0.29, 0.717) is 6.54 Å². The summed E-state index contributed by atoms with van der Waals surface area (Å²) >= 11 is 0. The summed E-state index contributed by atoms with van der Waals surface area (Å²) in [6.07, 6.45) is 0.849. The highest BCUT2D eigenvalue weighted by atomic mass is 14.7. The molecule has 0 amide bonds. The van der Waals surface area contributed by atoms with Crippen molar-refractivity contribution in [1.29, 1.82) is 0 Å². The van der Waals surface area contributed by atoms with Gasteiger partial charge in [0.1, 0.15) is 0 Å². The summed E-state index contributed by atoms with van der Waals surface area (Å²) in [4.78, 5) is 0. The van der Waals surface area contributed by atoms with Crippen molar-refractivity contribution in [3.8, 4) is 0 Å². The van der Waals surface area contributed by atoms with Crippen molar-refractivity contribution in [2.45, 2.75) is 12.5 Å². The van der Waals surface area contributed by atoms with Crippen LogP contribution in [0.15, 0.2) is 42.5 Å². The van der Waals surface area contributed by atoms with E-state index in [0.717, 1.165) is 6.42 Å². The number of fused-ring (bicyclic) bond motifs is 1. The van der Waals surface area contributed by atoms with Gasteiger partial charge in [0.15, 0.2) is 0 Å². The molecule has 2 rings (SSSR count). The third-order valence-corrected chi connectivity index (χ3v) is 2.61. The number of hydrogen-bond acceptors (Lipinski definition) is 2. The van der Waals surface area contributed by atoms with Crippen LogP contribution in [0.4, 0.5) is 0 Å². The van der Waals surface area contributed by atoms with Crippen molar-refractivity contribution in [2.75, 3.05) is 6.54 Å². The van der Waals surface area contributed by atoms with Crippen LogP contribution in [-0.4, -0.2) is 12.6 Å². The third-order valence-electron chi connectivity index (χ3n) is 2.61. The number of rotatable bonds is 3. The molecule has 0 aliphatic carbocycles. The molecule has 0 aliphatic rings. The van der Waals surface area contributed by atoms with Crippen LogP contribution in [0, 0.1) is 0 Å². The molecular formula is C13H16N2. The molecule has 0 radical (unpaired) electrons. The molecule has 0 heterocycles. The van der Waals surface area contributed by atoms with Gasteiger partial charge < -0.3 is 11.5 Å². The zero-order valence-electron chi connectivity index (χ0n) is 8.69. The summed E-state index contributed by atoms with van der Waals surface area (Å²) in [7, 11) is 0. The van der Waals surface area contributed by atoms with Crippen LogP contribution in [-0.2, 0) is 6.42 Å². The molecule has 0 fully saturated rings. The number of benzene rings is 2. The molecule has 0 aliphatic heterocycles. The first-order valence-electron chi connectivity index (χ1n) is 5.23. The van der Waals surface area contributed by atoms with Gasteiger partial charge in [0.05, 0.1) is 0 Å². The number of hydrogen-bond donors (Lipinski definition) is 2. The Hall–Kier alpha value is -1.38. The predicted octanol–water partition coefficient (Wildman–Crippen LogP) is 1.67. The van der Waals surface area contributed by atoms with Gasteiger partial charge in [-0.25, -0.2) is 0 Å². The standard InChI is InChI=1S/C13H16N2/c14-9-13(15)8-10-5-6-11-3-1-2-4-12(11)7-10/h1-7,13H,8-9,14-15H2/t13-/m0/s1. The summed E-state index contributed by atoms with van der Waals surface area (Å²) in [5.74, 6) is 0. The van der Waals surface area contributed by atoms with Gasteiger partial charge in [-0.2, -0.15) is 0 Å². The van der Waals surface area contributed by atoms with Crippen LogP contribution in [0.3, 0.4) is 0 Å². The van der Waals surface area contributed by atoms with Gasteiger partial charge in [-0.3, -0.25) is 0 Å². The third kappa shape index (κ3) is 2.35. The van der Waals surface area contributed by atoms with E-state index in [1.807, 2.05) is 6.07 Å². The normalized spacial score (nSPS) is 12.9. The Balaban J connectivity index is 2.30. The quantitative estimate of drug-likeness (QED) is 0.791. The molecule has 0 spiro atoms. The average Bonchev–Trinajstić information content (AvgIpc) is 2.29. The molecule has 0 saturated heterocycles. The molecule has 15 heavy (non-hydrogen) atoms. The van der Waals surface area contributed by atoms with Crippen LogP contribution < -0.4 is 11.5 Å². The molecule has 2 nitrogen and oxygen atoms in total. The lowest BCUT2D eigenvalue weighted by molar-refractivity contribution is 0.679. The van der Waals surface area contributed by atoms with Gasteiger partial charge in [-0.05, 0) is 22.8 Å².